The van der Waals surface area contributed by atoms with Crippen LogP contribution >= 0.6 is 0 Å². The van der Waals surface area contributed by atoms with Crippen molar-refractivity contribution in [3.05, 3.63) is 34.9 Å². The molecule has 2 N–H and O–H groups in total. The monoisotopic (exact) mass is 410 g/mol. The van der Waals surface area contributed by atoms with Gasteiger partial charge in [0, 0.05) is 24.7 Å². The summed E-state index contributed by atoms with van der Waals surface area (Å²) in [5.74, 6) is 0.771. The number of benzene rings is 1. The van der Waals surface area contributed by atoms with Crippen molar-refractivity contribution in [2.45, 2.75) is 77.6 Å². The fraction of sp³-hybridized carbons (Fsp3) is 0.700. The lowest BCUT2D eigenvalue weighted by Crippen LogP contribution is -2.54. The predicted octanol–water partition coefficient (Wildman–Crippen LogP) is 5.62. The Balaban J connectivity index is 2.18. The molecule has 0 spiro atoms. The van der Waals surface area contributed by atoms with Gasteiger partial charge in [0.25, 0.3) is 0 Å². The van der Waals surface area contributed by atoms with Gasteiger partial charge >= 0.3 is 12.4 Å². The highest BCUT2D eigenvalue weighted by Gasteiger charge is 2.37. The van der Waals surface area contributed by atoms with E-state index >= 15 is 0 Å². The Morgan fingerprint density at radius 2 is 1.29 bits per heavy atom. The number of alkyl halides is 6. The Hall–Kier alpha value is -1.28. The molecule has 0 radical (unpaired) electrons. The van der Waals surface area contributed by atoms with Crippen molar-refractivity contribution in [3.8, 4) is 0 Å². The summed E-state index contributed by atoms with van der Waals surface area (Å²) in [4.78, 5) is 0. The molecule has 0 saturated carbocycles. The molecular formula is C20H28F6N2. The molecule has 1 aliphatic rings. The zero-order chi connectivity index (χ0) is 21.3. The molecule has 160 valence electrons. The fourth-order valence-corrected chi connectivity index (χ4v) is 3.60. The summed E-state index contributed by atoms with van der Waals surface area (Å²) in [7, 11) is 0. The van der Waals surface area contributed by atoms with Gasteiger partial charge in [0.1, 0.15) is 0 Å². The summed E-state index contributed by atoms with van der Waals surface area (Å²) in [6.45, 7) is 8.35. The predicted molar refractivity (Wildman–Crippen MR) is 96.7 cm³/mol. The average molecular weight is 410 g/mol. The summed E-state index contributed by atoms with van der Waals surface area (Å²) in [5, 5.41) is 6.79. The molecule has 2 atom stereocenters. The van der Waals surface area contributed by atoms with Gasteiger partial charge in [0.2, 0.25) is 0 Å². The van der Waals surface area contributed by atoms with Crippen LogP contribution in [0.15, 0.2) is 18.2 Å². The number of nitrogens with one attached hydrogen (secondary N) is 2. The SMILES string of the molecule is CC(C)C1CC(NCc2cc(C(F)(F)F)cc(C(F)(F)F)c2)CC(C(C)C)N1. The van der Waals surface area contributed by atoms with Gasteiger partial charge in [-0.2, -0.15) is 26.3 Å². The van der Waals surface area contributed by atoms with E-state index in [1.54, 1.807) is 0 Å². The lowest BCUT2D eigenvalue weighted by molar-refractivity contribution is -0.143. The van der Waals surface area contributed by atoms with Crippen molar-refractivity contribution >= 4 is 0 Å². The van der Waals surface area contributed by atoms with Crippen molar-refractivity contribution in [2.24, 2.45) is 11.8 Å². The van der Waals surface area contributed by atoms with E-state index in [-0.39, 0.29) is 36.3 Å². The highest BCUT2D eigenvalue weighted by molar-refractivity contribution is 5.33. The summed E-state index contributed by atoms with van der Waals surface area (Å²) in [6.07, 6.45) is -8.08. The molecule has 8 heteroatoms. The van der Waals surface area contributed by atoms with Crippen LogP contribution < -0.4 is 10.6 Å². The minimum Gasteiger partial charge on any atom is -0.311 e. The van der Waals surface area contributed by atoms with Crippen LogP contribution in [0.5, 0.6) is 0 Å². The van der Waals surface area contributed by atoms with Crippen molar-refractivity contribution in [2.75, 3.05) is 0 Å². The maximum Gasteiger partial charge on any atom is 0.416 e. The van der Waals surface area contributed by atoms with Gasteiger partial charge in [-0.25, -0.2) is 0 Å². The number of hydrogen-bond acceptors (Lipinski definition) is 2. The van der Waals surface area contributed by atoms with Gasteiger partial charge in [0.05, 0.1) is 11.1 Å². The standard InChI is InChI=1S/C20H28F6N2/c1-11(2)17-8-16(9-18(28-17)12(3)4)27-10-13-5-14(19(21,22)23)7-15(6-13)20(24,25)26/h5-7,11-12,16-18,27-28H,8-10H2,1-4H3. The normalized spacial score (nSPS) is 24.2. The molecular weight excluding hydrogens is 382 g/mol. The Morgan fingerprint density at radius 3 is 1.64 bits per heavy atom. The molecule has 2 nitrogen and oxygen atoms in total. The Labute approximate surface area is 162 Å². The van der Waals surface area contributed by atoms with Crippen LogP contribution in [-0.4, -0.2) is 18.1 Å². The van der Waals surface area contributed by atoms with Crippen LogP contribution in [0.4, 0.5) is 26.3 Å². The maximum atomic E-state index is 13.0. The van der Waals surface area contributed by atoms with E-state index in [0.29, 0.717) is 11.8 Å². The highest BCUT2D eigenvalue weighted by atomic mass is 19.4. The molecule has 1 saturated heterocycles. The zero-order valence-electron chi connectivity index (χ0n) is 16.5. The minimum atomic E-state index is -4.82. The van der Waals surface area contributed by atoms with Gasteiger partial charge in [-0.1, -0.05) is 27.7 Å². The molecule has 0 aromatic heterocycles. The van der Waals surface area contributed by atoms with Gasteiger partial charge in [-0.3, -0.25) is 0 Å². The minimum absolute atomic E-state index is 0.0112. The topological polar surface area (TPSA) is 24.1 Å². The first-order valence-corrected chi connectivity index (χ1v) is 9.55. The first-order valence-electron chi connectivity index (χ1n) is 9.55. The molecule has 28 heavy (non-hydrogen) atoms. The van der Waals surface area contributed by atoms with Crippen LogP contribution in [0, 0.1) is 11.8 Å². The number of hydrogen-bond donors (Lipinski definition) is 2. The first-order chi connectivity index (χ1) is 12.8. The second-order valence-electron chi connectivity index (χ2n) is 8.33. The smallest absolute Gasteiger partial charge is 0.311 e. The lowest BCUT2D eigenvalue weighted by Gasteiger charge is -2.40. The second kappa shape index (κ2) is 8.61. The highest BCUT2D eigenvalue weighted by Crippen LogP contribution is 2.36. The van der Waals surface area contributed by atoms with Gasteiger partial charge in [-0.15, -0.1) is 0 Å². The molecule has 0 amide bonds. The third kappa shape index (κ3) is 6.11. The molecule has 1 aromatic carbocycles. The van der Waals surface area contributed by atoms with E-state index in [0.717, 1.165) is 25.0 Å². The average Bonchev–Trinajstić information content (AvgIpc) is 2.57. The van der Waals surface area contributed by atoms with Crippen LogP contribution in [0.25, 0.3) is 0 Å². The summed E-state index contributed by atoms with van der Waals surface area (Å²) in [5.41, 5.74) is -2.56. The molecule has 1 aliphatic heterocycles. The van der Waals surface area contributed by atoms with Crippen molar-refractivity contribution in [1.29, 1.82) is 0 Å². The van der Waals surface area contributed by atoms with E-state index in [2.05, 4.69) is 38.3 Å². The Bertz CT molecular complexity index is 603. The van der Waals surface area contributed by atoms with Gasteiger partial charge in [-0.05, 0) is 48.4 Å². The molecule has 0 bridgehead atoms. The number of rotatable bonds is 5. The number of halogens is 6. The van der Waals surface area contributed by atoms with E-state index < -0.39 is 23.5 Å². The largest absolute Gasteiger partial charge is 0.416 e. The van der Waals surface area contributed by atoms with Crippen molar-refractivity contribution in [3.63, 3.8) is 0 Å². The quantitative estimate of drug-likeness (QED) is 0.616. The lowest BCUT2D eigenvalue weighted by atomic mass is 9.84. The van der Waals surface area contributed by atoms with Gasteiger partial charge in [0.15, 0.2) is 0 Å². The maximum absolute atomic E-state index is 13.0. The Morgan fingerprint density at radius 1 is 0.857 bits per heavy atom. The fourth-order valence-electron chi connectivity index (χ4n) is 3.60. The molecule has 2 rings (SSSR count). The molecule has 1 fully saturated rings. The van der Waals surface area contributed by atoms with E-state index in [4.69, 9.17) is 0 Å². The van der Waals surface area contributed by atoms with E-state index in [1.807, 2.05) is 0 Å². The van der Waals surface area contributed by atoms with Crippen molar-refractivity contribution in [1.82, 2.24) is 10.6 Å². The van der Waals surface area contributed by atoms with E-state index in [1.165, 1.54) is 0 Å². The third-order valence-electron chi connectivity index (χ3n) is 5.36. The van der Waals surface area contributed by atoms with E-state index in [9.17, 15) is 26.3 Å². The first kappa shape index (κ1) is 23.0. The third-order valence-corrected chi connectivity index (χ3v) is 5.36. The Kier molecular flexibility index (Phi) is 7.08. The summed E-state index contributed by atoms with van der Waals surface area (Å²) >= 11 is 0. The molecule has 0 aliphatic carbocycles. The molecule has 1 heterocycles. The molecule has 1 aromatic rings. The van der Waals surface area contributed by atoms with Crippen molar-refractivity contribution < 1.29 is 26.3 Å². The zero-order valence-corrected chi connectivity index (χ0v) is 16.5. The summed E-state index contributed by atoms with van der Waals surface area (Å²) < 4.78 is 78.1. The van der Waals surface area contributed by atoms with Gasteiger partial charge < -0.3 is 10.6 Å². The van der Waals surface area contributed by atoms with Crippen LogP contribution in [0.1, 0.15) is 57.2 Å². The van der Waals surface area contributed by atoms with Crippen LogP contribution in [-0.2, 0) is 18.9 Å². The molecule has 2 unspecified atom stereocenters. The second-order valence-corrected chi connectivity index (χ2v) is 8.33. The number of piperidine rings is 1. The summed E-state index contributed by atoms with van der Waals surface area (Å²) in [6, 6.07) is 2.30. The van der Waals surface area contributed by atoms with Crippen LogP contribution in [0.3, 0.4) is 0 Å². The van der Waals surface area contributed by atoms with Crippen LogP contribution in [0.2, 0.25) is 0 Å².